The largest absolute Gasteiger partial charge is 0.412 e. The van der Waals surface area contributed by atoms with Crippen LogP contribution in [0.3, 0.4) is 0 Å². The minimum absolute atomic E-state index is 0.291. The van der Waals surface area contributed by atoms with E-state index in [0.717, 1.165) is 12.8 Å². The number of esters is 1. The maximum atomic E-state index is 15.1. The van der Waals surface area contributed by atoms with E-state index in [4.69, 9.17) is 4.74 Å². The minimum atomic E-state index is -5.13. The number of ether oxygens (including phenoxy) is 1. The van der Waals surface area contributed by atoms with Crippen LogP contribution in [0.25, 0.3) is 0 Å². The normalized spacial score (nSPS) is 33.6. The molecule has 3 rings (SSSR count). The standard InChI is InChI=1S/C17H25FO5S/c1-11-6-12-8-13(7-11)10-14(9-12)16(19)23-17(18,24(20,21)22)15-4-2-3-5-15/h6,11,13-15H,2-5,7-10H2,1H3,(H,20,21,22). The molecule has 4 unspecified atom stereocenters. The summed E-state index contributed by atoms with van der Waals surface area (Å²) in [6, 6.07) is 0. The zero-order valence-corrected chi connectivity index (χ0v) is 14.7. The molecule has 0 aliphatic heterocycles. The predicted molar refractivity (Wildman–Crippen MR) is 86.1 cm³/mol. The first kappa shape index (κ1) is 17.9. The Morgan fingerprint density at radius 2 is 1.96 bits per heavy atom. The molecule has 7 heteroatoms. The maximum absolute atomic E-state index is 15.1. The van der Waals surface area contributed by atoms with Crippen molar-refractivity contribution < 1.29 is 26.9 Å². The molecule has 3 aliphatic rings. The lowest BCUT2D eigenvalue weighted by molar-refractivity contribution is -0.180. The van der Waals surface area contributed by atoms with Crippen molar-refractivity contribution in [1.82, 2.24) is 0 Å². The first-order valence-electron chi connectivity index (χ1n) is 8.77. The van der Waals surface area contributed by atoms with E-state index in [2.05, 4.69) is 13.0 Å². The number of carbonyl (C=O) groups excluding carboxylic acids is 1. The van der Waals surface area contributed by atoms with Gasteiger partial charge in [-0.15, -0.1) is 0 Å². The van der Waals surface area contributed by atoms with Gasteiger partial charge in [-0.05, 0) is 50.4 Å². The average Bonchev–Trinajstić information content (AvgIpc) is 2.99. The first-order chi connectivity index (χ1) is 11.2. The molecule has 0 spiro atoms. The van der Waals surface area contributed by atoms with Gasteiger partial charge >= 0.3 is 21.3 Å². The summed E-state index contributed by atoms with van der Waals surface area (Å²) >= 11 is 0. The van der Waals surface area contributed by atoms with Crippen molar-refractivity contribution in [2.75, 3.05) is 0 Å². The molecular formula is C17H25FO5S. The second-order valence-electron chi connectivity index (χ2n) is 7.70. The van der Waals surface area contributed by atoms with Crippen LogP contribution in [0.1, 0.15) is 58.3 Å². The Morgan fingerprint density at radius 1 is 1.29 bits per heavy atom. The third-order valence-corrected chi connectivity index (χ3v) is 6.79. The van der Waals surface area contributed by atoms with Crippen molar-refractivity contribution in [3.05, 3.63) is 11.6 Å². The number of hydrogen-bond acceptors (Lipinski definition) is 4. The van der Waals surface area contributed by atoms with Crippen LogP contribution in [0.2, 0.25) is 0 Å². The molecule has 1 N–H and O–H groups in total. The van der Waals surface area contributed by atoms with E-state index >= 15 is 4.39 Å². The number of allylic oxidation sites excluding steroid dienone is 2. The molecule has 0 saturated heterocycles. The summed E-state index contributed by atoms with van der Waals surface area (Å²) < 4.78 is 52.4. The Morgan fingerprint density at radius 3 is 2.54 bits per heavy atom. The van der Waals surface area contributed by atoms with Crippen molar-refractivity contribution in [2.24, 2.45) is 23.7 Å². The summed E-state index contributed by atoms with van der Waals surface area (Å²) in [6.45, 7) is 2.13. The van der Waals surface area contributed by atoms with Crippen LogP contribution in [0.5, 0.6) is 0 Å². The number of hydrogen-bond donors (Lipinski definition) is 1. The molecular weight excluding hydrogens is 335 g/mol. The average molecular weight is 360 g/mol. The molecule has 0 heterocycles. The molecule has 0 aromatic rings. The maximum Gasteiger partial charge on any atom is 0.379 e. The Hall–Kier alpha value is -0.950. The molecule has 4 atom stereocenters. The zero-order valence-electron chi connectivity index (χ0n) is 13.9. The first-order valence-corrected chi connectivity index (χ1v) is 10.2. The van der Waals surface area contributed by atoms with Gasteiger partial charge in [-0.3, -0.25) is 9.35 Å². The monoisotopic (exact) mass is 360 g/mol. The highest BCUT2D eigenvalue weighted by Crippen LogP contribution is 2.44. The summed E-state index contributed by atoms with van der Waals surface area (Å²) in [7, 11) is -5.13. The third kappa shape index (κ3) is 3.38. The van der Waals surface area contributed by atoms with Crippen molar-refractivity contribution in [1.29, 1.82) is 0 Å². The lowest BCUT2D eigenvalue weighted by atomic mass is 9.71. The van der Waals surface area contributed by atoms with Gasteiger partial charge in [-0.25, -0.2) is 0 Å². The van der Waals surface area contributed by atoms with E-state index in [-0.39, 0.29) is 0 Å². The minimum Gasteiger partial charge on any atom is -0.412 e. The fourth-order valence-corrected chi connectivity index (χ4v) is 5.51. The van der Waals surface area contributed by atoms with Gasteiger partial charge in [0.25, 0.3) is 0 Å². The van der Waals surface area contributed by atoms with Gasteiger partial charge in [-0.2, -0.15) is 12.8 Å². The smallest absolute Gasteiger partial charge is 0.379 e. The highest BCUT2D eigenvalue weighted by molar-refractivity contribution is 7.86. The molecule has 5 nitrogen and oxygen atoms in total. The molecule has 136 valence electrons. The van der Waals surface area contributed by atoms with Crippen LogP contribution in [-0.4, -0.2) is 24.1 Å². The van der Waals surface area contributed by atoms with Crippen molar-refractivity contribution in [2.45, 2.75) is 63.5 Å². The zero-order chi connectivity index (χ0) is 17.5. The van der Waals surface area contributed by atoms with Gasteiger partial charge in [0.05, 0.1) is 5.92 Å². The van der Waals surface area contributed by atoms with Crippen molar-refractivity contribution in [3.63, 3.8) is 0 Å². The quantitative estimate of drug-likeness (QED) is 0.470. The van der Waals surface area contributed by atoms with Gasteiger partial charge < -0.3 is 4.74 Å². The second-order valence-corrected chi connectivity index (χ2v) is 9.21. The van der Waals surface area contributed by atoms with Gasteiger partial charge in [-0.1, -0.05) is 31.4 Å². The highest BCUT2D eigenvalue weighted by Gasteiger charge is 2.56. The van der Waals surface area contributed by atoms with Gasteiger partial charge in [0.1, 0.15) is 0 Å². The van der Waals surface area contributed by atoms with E-state index in [1.165, 1.54) is 5.57 Å². The fraction of sp³-hybridized carbons (Fsp3) is 0.824. The Balaban J connectivity index is 1.76. The summed E-state index contributed by atoms with van der Waals surface area (Å²) in [4.78, 5) is 12.5. The predicted octanol–water partition coefficient (Wildman–Crippen LogP) is 3.61. The van der Waals surface area contributed by atoms with Gasteiger partial charge in [0.15, 0.2) is 0 Å². The highest BCUT2D eigenvalue weighted by atomic mass is 32.2. The van der Waals surface area contributed by atoms with Crippen LogP contribution in [0.4, 0.5) is 4.39 Å². The van der Waals surface area contributed by atoms with E-state index in [0.29, 0.717) is 50.4 Å². The molecule has 0 radical (unpaired) electrons. The molecule has 2 fully saturated rings. The Kier molecular flexibility index (Phi) is 4.77. The van der Waals surface area contributed by atoms with Crippen molar-refractivity contribution in [3.8, 4) is 0 Å². The van der Waals surface area contributed by atoms with Crippen molar-refractivity contribution >= 4 is 16.1 Å². The topological polar surface area (TPSA) is 80.7 Å². The molecule has 24 heavy (non-hydrogen) atoms. The summed E-state index contributed by atoms with van der Waals surface area (Å²) in [6.07, 6.45) is 7.08. The van der Waals surface area contributed by atoms with Crippen LogP contribution in [0.15, 0.2) is 11.6 Å². The molecule has 0 aromatic heterocycles. The number of alkyl halides is 1. The number of rotatable bonds is 4. The lowest BCUT2D eigenvalue weighted by Crippen LogP contribution is -2.46. The van der Waals surface area contributed by atoms with Crippen LogP contribution in [-0.2, 0) is 19.6 Å². The molecule has 2 bridgehead atoms. The number of halogens is 1. The second kappa shape index (κ2) is 6.41. The molecule has 3 aliphatic carbocycles. The summed E-state index contributed by atoms with van der Waals surface area (Å²) in [5.74, 6) is -1.52. The number of fused-ring (bicyclic) bond motifs is 2. The summed E-state index contributed by atoms with van der Waals surface area (Å²) in [5, 5.41) is -3.31. The number of carbonyl (C=O) groups is 1. The molecule has 0 aromatic carbocycles. The van der Waals surface area contributed by atoms with Crippen LogP contribution in [0, 0.1) is 23.7 Å². The van der Waals surface area contributed by atoms with E-state index in [1.807, 2.05) is 0 Å². The van der Waals surface area contributed by atoms with Gasteiger partial charge in [0.2, 0.25) is 0 Å². The molecule has 0 amide bonds. The van der Waals surface area contributed by atoms with Crippen LogP contribution < -0.4 is 0 Å². The van der Waals surface area contributed by atoms with E-state index in [1.54, 1.807) is 0 Å². The van der Waals surface area contributed by atoms with E-state index < -0.39 is 33.1 Å². The lowest BCUT2D eigenvalue weighted by Gasteiger charge is -2.36. The van der Waals surface area contributed by atoms with Gasteiger partial charge in [0, 0.05) is 5.92 Å². The fourth-order valence-electron chi connectivity index (χ4n) is 4.67. The van der Waals surface area contributed by atoms with E-state index in [9.17, 15) is 17.8 Å². The SMILES string of the molecule is CC1C=C2CC(C1)CC(C(=O)OC(F)(C1CCCC1)S(=O)(=O)O)C2. The summed E-state index contributed by atoms with van der Waals surface area (Å²) in [5.41, 5.74) is 1.17. The third-order valence-electron chi connectivity index (χ3n) is 5.67. The van der Waals surface area contributed by atoms with Crippen LogP contribution >= 0.6 is 0 Å². The molecule has 2 saturated carbocycles. The Labute approximate surface area is 142 Å². The Bertz CT molecular complexity index is 637.